The van der Waals surface area contributed by atoms with Gasteiger partial charge in [-0.25, -0.2) is 0 Å². The van der Waals surface area contributed by atoms with Gasteiger partial charge in [0, 0.05) is 44.9 Å². The van der Waals surface area contributed by atoms with Crippen molar-refractivity contribution in [3.05, 3.63) is 28.8 Å². The summed E-state index contributed by atoms with van der Waals surface area (Å²) in [5.41, 5.74) is 1.64. The number of nitrogens with zero attached hydrogens (tertiary/aromatic N) is 3. The highest BCUT2D eigenvalue weighted by Gasteiger charge is 2.19. The third-order valence-corrected chi connectivity index (χ3v) is 3.64. The van der Waals surface area contributed by atoms with E-state index in [4.69, 9.17) is 21.6 Å². The molecule has 0 aromatic heterocycles. The van der Waals surface area contributed by atoms with Crippen LogP contribution in [0.5, 0.6) is 0 Å². The molecule has 0 aliphatic carbocycles. The predicted molar refractivity (Wildman–Crippen MR) is 76.7 cm³/mol. The zero-order valence-corrected chi connectivity index (χ0v) is 11.9. The summed E-state index contributed by atoms with van der Waals surface area (Å²) in [7, 11) is 1.72. The van der Waals surface area contributed by atoms with Crippen molar-refractivity contribution in [2.24, 2.45) is 0 Å². The average molecular weight is 280 g/mol. The molecule has 1 aliphatic heterocycles. The SMILES string of the molecule is COCCN1CCN(c2cc(Cl)ccc2C#N)CC1. The van der Waals surface area contributed by atoms with Gasteiger partial charge in [0.1, 0.15) is 6.07 Å². The Bertz CT molecular complexity index is 464. The van der Waals surface area contributed by atoms with Crippen LogP contribution in [0.25, 0.3) is 0 Å². The number of ether oxygens (including phenoxy) is 1. The van der Waals surface area contributed by atoms with Crippen LogP contribution in [0.1, 0.15) is 5.56 Å². The largest absolute Gasteiger partial charge is 0.383 e. The van der Waals surface area contributed by atoms with Crippen molar-refractivity contribution in [2.75, 3.05) is 51.3 Å². The normalized spacial score (nSPS) is 16.4. The minimum absolute atomic E-state index is 0.677. The first kappa shape index (κ1) is 14.1. The molecule has 102 valence electrons. The van der Waals surface area contributed by atoms with Gasteiger partial charge in [0.25, 0.3) is 0 Å². The summed E-state index contributed by atoms with van der Waals surface area (Å²) in [5, 5.41) is 9.84. The Kier molecular flexibility index (Phi) is 5.03. The fourth-order valence-corrected chi connectivity index (χ4v) is 2.46. The lowest BCUT2D eigenvalue weighted by Gasteiger charge is -2.36. The molecular formula is C14H18ClN3O. The maximum absolute atomic E-state index is 9.16. The first-order valence-electron chi connectivity index (χ1n) is 6.40. The van der Waals surface area contributed by atoms with Crippen LogP contribution in [0.3, 0.4) is 0 Å². The number of piperazine rings is 1. The molecule has 1 heterocycles. The van der Waals surface area contributed by atoms with Crippen LogP contribution >= 0.6 is 11.6 Å². The first-order chi connectivity index (χ1) is 9.24. The second-order valence-electron chi connectivity index (χ2n) is 4.59. The van der Waals surface area contributed by atoms with E-state index in [1.165, 1.54) is 0 Å². The van der Waals surface area contributed by atoms with Crippen molar-refractivity contribution in [2.45, 2.75) is 0 Å². The zero-order valence-electron chi connectivity index (χ0n) is 11.1. The molecule has 1 aromatic rings. The van der Waals surface area contributed by atoms with Crippen molar-refractivity contribution < 1.29 is 4.74 Å². The van der Waals surface area contributed by atoms with Gasteiger partial charge in [-0.05, 0) is 18.2 Å². The number of rotatable bonds is 4. The van der Waals surface area contributed by atoms with Crippen LogP contribution in [-0.4, -0.2) is 51.3 Å². The van der Waals surface area contributed by atoms with E-state index < -0.39 is 0 Å². The summed E-state index contributed by atoms with van der Waals surface area (Å²) in [4.78, 5) is 4.60. The Labute approximate surface area is 119 Å². The van der Waals surface area contributed by atoms with Crippen LogP contribution in [0.4, 0.5) is 5.69 Å². The molecule has 0 spiro atoms. The fraction of sp³-hybridized carbons (Fsp3) is 0.500. The maximum atomic E-state index is 9.16. The minimum Gasteiger partial charge on any atom is -0.383 e. The molecule has 1 saturated heterocycles. The monoisotopic (exact) mass is 279 g/mol. The fourth-order valence-electron chi connectivity index (χ4n) is 2.29. The summed E-state index contributed by atoms with van der Waals surface area (Å²) in [6.45, 7) is 5.53. The van der Waals surface area contributed by atoms with Crippen LogP contribution < -0.4 is 4.90 Å². The number of hydrogen-bond acceptors (Lipinski definition) is 4. The molecule has 19 heavy (non-hydrogen) atoms. The van der Waals surface area contributed by atoms with Crippen LogP contribution in [0, 0.1) is 11.3 Å². The summed E-state index contributed by atoms with van der Waals surface area (Å²) < 4.78 is 5.09. The molecule has 0 saturated carbocycles. The van der Waals surface area contributed by atoms with Gasteiger partial charge in [-0.3, -0.25) is 4.90 Å². The summed E-state index contributed by atoms with van der Waals surface area (Å²) >= 11 is 6.03. The Morgan fingerprint density at radius 3 is 2.68 bits per heavy atom. The van der Waals surface area contributed by atoms with Gasteiger partial charge in [-0.1, -0.05) is 11.6 Å². The average Bonchev–Trinajstić information content (AvgIpc) is 2.45. The minimum atomic E-state index is 0.677. The number of hydrogen-bond donors (Lipinski definition) is 0. The molecule has 0 unspecified atom stereocenters. The molecule has 1 fully saturated rings. The van der Waals surface area contributed by atoms with E-state index in [0.29, 0.717) is 10.6 Å². The summed E-state index contributed by atoms with van der Waals surface area (Å²) in [6, 6.07) is 7.66. The van der Waals surface area contributed by atoms with E-state index in [9.17, 15) is 0 Å². The van der Waals surface area contributed by atoms with Crippen molar-refractivity contribution in [3.8, 4) is 6.07 Å². The zero-order chi connectivity index (χ0) is 13.7. The summed E-state index contributed by atoms with van der Waals surface area (Å²) in [5.74, 6) is 0. The molecule has 1 aliphatic rings. The molecule has 0 bridgehead atoms. The quantitative estimate of drug-likeness (QED) is 0.845. The van der Waals surface area contributed by atoms with Crippen molar-refractivity contribution >= 4 is 17.3 Å². The van der Waals surface area contributed by atoms with Crippen molar-refractivity contribution in [1.29, 1.82) is 5.26 Å². The highest BCUT2D eigenvalue weighted by Crippen LogP contribution is 2.25. The van der Waals surface area contributed by atoms with E-state index in [1.54, 1.807) is 19.2 Å². The van der Waals surface area contributed by atoms with Gasteiger partial charge < -0.3 is 9.64 Å². The molecule has 0 N–H and O–H groups in total. The van der Waals surface area contributed by atoms with Crippen LogP contribution in [0.2, 0.25) is 5.02 Å². The van der Waals surface area contributed by atoms with Gasteiger partial charge in [0.05, 0.1) is 17.9 Å². The van der Waals surface area contributed by atoms with E-state index >= 15 is 0 Å². The lowest BCUT2D eigenvalue weighted by Crippen LogP contribution is -2.47. The number of nitriles is 1. The maximum Gasteiger partial charge on any atom is 0.101 e. The highest BCUT2D eigenvalue weighted by molar-refractivity contribution is 6.30. The molecular weight excluding hydrogens is 262 g/mol. The van der Waals surface area contributed by atoms with E-state index in [0.717, 1.165) is 45.0 Å². The first-order valence-corrected chi connectivity index (χ1v) is 6.78. The summed E-state index contributed by atoms with van der Waals surface area (Å²) in [6.07, 6.45) is 0. The molecule has 0 atom stereocenters. The molecule has 1 aromatic carbocycles. The standard InChI is InChI=1S/C14H18ClN3O/c1-19-9-8-17-4-6-18(7-5-17)14-10-13(15)3-2-12(14)11-16/h2-3,10H,4-9H2,1H3. The Morgan fingerprint density at radius 2 is 2.05 bits per heavy atom. The smallest absolute Gasteiger partial charge is 0.101 e. The topological polar surface area (TPSA) is 39.5 Å². The Balaban J connectivity index is 2.01. The lowest BCUT2D eigenvalue weighted by atomic mass is 10.1. The number of anilines is 1. The van der Waals surface area contributed by atoms with Gasteiger partial charge >= 0.3 is 0 Å². The lowest BCUT2D eigenvalue weighted by molar-refractivity contribution is 0.144. The molecule has 5 heteroatoms. The van der Waals surface area contributed by atoms with Crippen molar-refractivity contribution in [1.82, 2.24) is 4.90 Å². The third kappa shape index (κ3) is 3.60. The van der Waals surface area contributed by atoms with Gasteiger partial charge in [0.15, 0.2) is 0 Å². The van der Waals surface area contributed by atoms with Crippen molar-refractivity contribution in [3.63, 3.8) is 0 Å². The van der Waals surface area contributed by atoms with E-state index in [2.05, 4.69) is 15.9 Å². The number of methoxy groups -OCH3 is 1. The van der Waals surface area contributed by atoms with Crippen LogP contribution in [0.15, 0.2) is 18.2 Å². The second-order valence-corrected chi connectivity index (χ2v) is 5.03. The highest BCUT2D eigenvalue weighted by atomic mass is 35.5. The van der Waals surface area contributed by atoms with E-state index in [-0.39, 0.29) is 0 Å². The van der Waals surface area contributed by atoms with Gasteiger partial charge in [-0.15, -0.1) is 0 Å². The second kappa shape index (κ2) is 6.76. The predicted octanol–water partition coefficient (Wildman–Crippen LogP) is 1.98. The molecule has 0 radical (unpaired) electrons. The van der Waals surface area contributed by atoms with Gasteiger partial charge in [-0.2, -0.15) is 5.26 Å². The Hall–Kier alpha value is -1.28. The Morgan fingerprint density at radius 1 is 1.32 bits per heavy atom. The van der Waals surface area contributed by atoms with E-state index in [1.807, 2.05) is 6.07 Å². The van der Waals surface area contributed by atoms with Crippen LogP contribution in [-0.2, 0) is 4.74 Å². The third-order valence-electron chi connectivity index (χ3n) is 3.40. The number of benzene rings is 1. The number of halogens is 1. The molecule has 4 nitrogen and oxygen atoms in total. The molecule has 0 amide bonds. The van der Waals surface area contributed by atoms with Gasteiger partial charge in [0.2, 0.25) is 0 Å². The molecule has 2 rings (SSSR count).